The molecule has 6 nitrogen and oxygen atoms in total. The summed E-state index contributed by atoms with van der Waals surface area (Å²) < 4.78 is 5.13. The Bertz CT molecular complexity index is 414. The van der Waals surface area contributed by atoms with Crippen LogP contribution in [0.5, 0.6) is 0 Å². The van der Waals surface area contributed by atoms with Crippen LogP contribution in [0, 0.1) is 5.41 Å². The van der Waals surface area contributed by atoms with Gasteiger partial charge in [-0.1, -0.05) is 13.5 Å². The van der Waals surface area contributed by atoms with E-state index in [2.05, 4.69) is 6.58 Å². The van der Waals surface area contributed by atoms with E-state index in [1.54, 1.807) is 13.8 Å². The molecular formula is C15H24O6. The maximum Gasteiger partial charge on any atom is 0.333 e. The lowest BCUT2D eigenvalue weighted by molar-refractivity contribution is -0.157. The summed E-state index contributed by atoms with van der Waals surface area (Å²) in [4.78, 5) is 33.6. The van der Waals surface area contributed by atoms with Gasteiger partial charge in [-0.15, -0.1) is 0 Å². The maximum atomic E-state index is 11.6. The zero-order chi connectivity index (χ0) is 16.6. The molecule has 120 valence electrons. The number of aliphatic carboxylic acids is 2. The average Bonchev–Trinajstić information content (AvgIpc) is 2.36. The van der Waals surface area contributed by atoms with E-state index < -0.39 is 29.4 Å². The van der Waals surface area contributed by atoms with Gasteiger partial charge in [-0.3, -0.25) is 9.59 Å². The van der Waals surface area contributed by atoms with Gasteiger partial charge < -0.3 is 14.9 Å². The Kier molecular flexibility index (Phi) is 7.70. The van der Waals surface area contributed by atoms with Crippen molar-refractivity contribution >= 4 is 17.9 Å². The van der Waals surface area contributed by atoms with Crippen LogP contribution >= 0.6 is 0 Å². The molecule has 0 aliphatic carbocycles. The first-order valence-corrected chi connectivity index (χ1v) is 6.96. The molecule has 0 aliphatic heterocycles. The van der Waals surface area contributed by atoms with E-state index in [0.717, 1.165) is 0 Å². The summed E-state index contributed by atoms with van der Waals surface area (Å²) >= 11 is 0. The predicted molar refractivity (Wildman–Crippen MR) is 76.8 cm³/mol. The van der Waals surface area contributed by atoms with Gasteiger partial charge in [-0.05, 0) is 33.1 Å². The minimum atomic E-state index is -1.08. The minimum Gasteiger partial charge on any atom is -0.481 e. The zero-order valence-corrected chi connectivity index (χ0v) is 12.8. The predicted octanol–water partition coefficient (Wildman–Crippen LogP) is 2.62. The summed E-state index contributed by atoms with van der Waals surface area (Å²) in [6.07, 6.45) is 0.357. The molecule has 0 rings (SSSR count). The second-order valence-corrected chi connectivity index (χ2v) is 5.39. The van der Waals surface area contributed by atoms with Gasteiger partial charge in [0.1, 0.15) is 6.10 Å². The minimum absolute atomic E-state index is 0.0744. The Morgan fingerprint density at radius 1 is 1.29 bits per heavy atom. The highest BCUT2D eigenvalue weighted by Crippen LogP contribution is 2.35. The molecule has 0 fully saturated rings. The standard InChI is InChI=1S/C15H24O6/c1-5-15(14(19)20,8-6-7-12(16)17)9-11(4)21-13(18)10(2)3/h11H,2,5-9H2,1,3-4H3,(H,16,17)(H,19,20). The average molecular weight is 300 g/mol. The molecule has 0 aromatic carbocycles. The van der Waals surface area contributed by atoms with E-state index in [4.69, 9.17) is 9.84 Å². The lowest BCUT2D eigenvalue weighted by Gasteiger charge is -2.30. The normalized spacial score (nSPS) is 14.8. The molecule has 0 heterocycles. The number of ether oxygens (including phenoxy) is 1. The van der Waals surface area contributed by atoms with Crippen molar-refractivity contribution in [3.63, 3.8) is 0 Å². The maximum absolute atomic E-state index is 11.6. The van der Waals surface area contributed by atoms with Gasteiger partial charge in [0.25, 0.3) is 0 Å². The summed E-state index contributed by atoms with van der Waals surface area (Å²) in [5.74, 6) is -2.50. The Hall–Kier alpha value is -1.85. The fourth-order valence-corrected chi connectivity index (χ4v) is 2.22. The smallest absolute Gasteiger partial charge is 0.333 e. The quantitative estimate of drug-likeness (QED) is 0.475. The van der Waals surface area contributed by atoms with E-state index in [1.165, 1.54) is 6.92 Å². The van der Waals surface area contributed by atoms with Crippen molar-refractivity contribution in [2.75, 3.05) is 0 Å². The number of esters is 1. The molecule has 2 N–H and O–H groups in total. The number of carbonyl (C=O) groups is 3. The van der Waals surface area contributed by atoms with Gasteiger partial charge in [0.05, 0.1) is 5.41 Å². The van der Waals surface area contributed by atoms with Crippen molar-refractivity contribution in [2.24, 2.45) is 5.41 Å². The number of carboxylic acids is 2. The highest BCUT2D eigenvalue weighted by molar-refractivity contribution is 5.87. The summed E-state index contributed by atoms with van der Waals surface area (Å²) in [7, 11) is 0. The van der Waals surface area contributed by atoms with Crippen LogP contribution in [0.4, 0.5) is 0 Å². The monoisotopic (exact) mass is 300 g/mol. The second kappa shape index (κ2) is 8.44. The molecule has 0 amide bonds. The number of hydrogen-bond acceptors (Lipinski definition) is 4. The van der Waals surface area contributed by atoms with Crippen molar-refractivity contribution in [1.82, 2.24) is 0 Å². The third kappa shape index (κ3) is 6.42. The van der Waals surface area contributed by atoms with E-state index in [0.29, 0.717) is 6.42 Å². The van der Waals surface area contributed by atoms with Gasteiger partial charge in [0.2, 0.25) is 0 Å². The molecule has 21 heavy (non-hydrogen) atoms. The fraction of sp³-hybridized carbons (Fsp3) is 0.667. The third-order valence-corrected chi connectivity index (χ3v) is 3.51. The number of rotatable bonds is 10. The summed E-state index contributed by atoms with van der Waals surface area (Å²) in [5.41, 5.74) is -0.824. The molecule has 0 saturated heterocycles. The molecule has 2 atom stereocenters. The number of hydrogen-bond donors (Lipinski definition) is 2. The molecule has 2 unspecified atom stereocenters. The summed E-state index contributed by atoms with van der Waals surface area (Å²) in [6.45, 7) is 8.36. The lowest BCUT2D eigenvalue weighted by atomic mass is 9.76. The number of carbonyl (C=O) groups excluding carboxylic acids is 1. The van der Waals surface area contributed by atoms with Crippen molar-refractivity contribution < 1.29 is 29.3 Å². The van der Waals surface area contributed by atoms with Gasteiger partial charge in [0.15, 0.2) is 0 Å². The highest BCUT2D eigenvalue weighted by atomic mass is 16.5. The van der Waals surface area contributed by atoms with Crippen molar-refractivity contribution in [3.8, 4) is 0 Å². The first-order valence-electron chi connectivity index (χ1n) is 6.96. The summed E-state index contributed by atoms with van der Waals surface area (Å²) in [5, 5.41) is 18.1. The van der Waals surface area contributed by atoms with E-state index in [-0.39, 0.29) is 31.3 Å². The van der Waals surface area contributed by atoms with Gasteiger partial charge in [0, 0.05) is 18.4 Å². The molecule has 0 aromatic heterocycles. The van der Waals surface area contributed by atoms with Gasteiger partial charge in [-0.25, -0.2) is 4.79 Å². The van der Waals surface area contributed by atoms with Crippen LogP contribution in [-0.4, -0.2) is 34.2 Å². The molecule has 0 aromatic rings. The van der Waals surface area contributed by atoms with Crippen molar-refractivity contribution in [1.29, 1.82) is 0 Å². The molecule has 6 heteroatoms. The molecule has 0 aliphatic rings. The van der Waals surface area contributed by atoms with E-state index in [9.17, 15) is 19.5 Å². The fourth-order valence-electron chi connectivity index (χ4n) is 2.22. The van der Waals surface area contributed by atoms with Crippen LogP contribution in [-0.2, 0) is 19.1 Å². The Balaban J connectivity index is 4.81. The number of carboxylic acid groups (broad SMARTS) is 2. The van der Waals surface area contributed by atoms with Crippen molar-refractivity contribution in [2.45, 2.75) is 59.0 Å². The molecule has 0 spiro atoms. The van der Waals surface area contributed by atoms with Crippen LogP contribution in [0.15, 0.2) is 12.2 Å². The first-order chi connectivity index (χ1) is 9.64. The molecule has 0 saturated carbocycles. The van der Waals surface area contributed by atoms with Gasteiger partial charge >= 0.3 is 17.9 Å². The Labute approximate surface area is 124 Å². The topological polar surface area (TPSA) is 101 Å². The molecule has 0 radical (unpaired) electrons. The molecular weight excluding hydrogens is 276 g/mol. The summed E-state index contributed by atoms with van der Waals surface area (Å²) in [6, 6.07) is 0. The molecule has 0 bridgehead atoms. The van der Waals surface area contributed by atoms with Crippen LogP contribution < -0.4 is 0 Å². The third-order valence-electron chi connectivity index (χ3n) is 3.51. The Morgan fingerprint density at radius 3 is 2.24 bits per heavy atom. The van der Waals surface area contributed by atoms with Crippen LogP contribution in [0.1, 0.15) is 52.9 Å². The first kappa shape index (κ1) is 19.1. The second-order valence-electron chi connectivity index (χ2n) is 5.39. The van der Waals surface area contributed by atoms with Crippen LogP contribution in [0.25, 0.3) is 0 Å². The lowest BCUT2D eigenvalue weighted by Crippen LogP contribution is -2.35. The highest BCUT2D eigenvalue weighted by Gasteiger charge is 2.38. The van der Waals surface area contributed by atoms with E-state index >= 15 is 0 Å². The zero-order valence-electron chi connectivity index (χ0n) is 12.8. The van der Waals surface area contributed by atoms with Gasteiger partial charge in [-0.2, -0.15) is 0 Å². The largest absolute Gasteiger partial charge is 0.481 e. The Morgan fingerprint density at radius 2 is 1.86 bits per heavy atom. The van der Waals surface area contributed by atoms with Crippen LogP contribution in [0.3, 0.4) is 0 Å². The van der Waals surface area contributed by atoms with Crippen molar-refractivity contribution in [3.05, 3.63) is 12.2 Å². The SMILES string of the molecule is C=C(C)C(=O)OC(C)CC(CC)(CCCC(=O)O)C(=O)O. The van der Waals surface area contributed by atoms with Crippen LogP contribution in [0.2, 0.25) is 0 Å². The van der Waals surface area contributed by atoms with E-state index in [1.807, 2.05) is 0 Å².